The molecule has 2 aliphatic rings. The van der Waals surface area contributed by atoms with E-state index in [1.807, 2.05) is 7.05 Å². The van der Waals surface area contributed by atoms with Crippen molar-refractivity contribution in [3.63, 3.8) is 0 Å². The van der Waals surface area contributed by atoms with Gasteiger partial charge in [-0.3, -0.25) is 9.89 Å². The molecule has 2 aliphatic heterocycles. The summed E-state index contributed by atoms with van der Waals surface area (Å²) in [6, 6.07) is 0.538. The van der Waals surface area contributed by atoms with Crippen molar-refractivity contribution in [1.82, 2.24) is 25.3 Å². The molecule has 2 saturated heterocycles. The highest BCUT2D eigenvalue weighted by atomic mass is 16.5. The molecule has 164 valence electrons. The Bertz CT molecular complexity index is 439. The number of nitrogens with zero attached hydrogens (tertiary/aromatic N) is 4. The average Bonchev–Trinajstić information content (AvgIpc) is 2.91. The lowest BCUT2D eigenvalue weighted by molar-refractivity contribution is 0.0132. The second-order valence-corrected chi connectivity index (χ2v) is 8.66. The Morgan fingerprint density at radius 2 is 1.82 bits per heavy atom. The number of rotatable bonds is 9. The number of ether oxygens (including phenoxy) is 1. The molecule has 2 heterocycles. The largest absolute Gasteiger partial charge is 0.379 e. The molecule has 1 atom stereocenters. The molecule has 2 N–H and O–H groups in total. The van der Waals surface area contributed by atoms with E-state index >= 15 is 0 Å². The molecule has 0 saturated carbocycles. The molecule has 7 nitrogen and oxygen atoms in total. The zero-order valence-electron chi connectivity index (χ0n) is 18.8. The summed E-state index contributed by atoms with van der Waals surface area (Å²) in [6.07, 6.45) is 3.64. The quantitative estimate of drug-likeness (QED) is 0.344. The third-order valence-electron chi connectivity index (χ3n) is 5.79. The lowest BCUT2D eigenvalue weighted by Crippen LogP contribution is -2.51. The first-order valence-electron chi connectivity index (χ1n) is 11.3. The van der Waals surface area contributed by atoms with Gasteiger partial charge in [0, 0.05) is 52.4 Å². The van der Waals surface area contributed by atoms with Crippen molar-refractivity contribution in [2.45, 2.75) is 39.2 Å². The second kappa shape index (κ2) is 13.4. The standard InChI is InChI=1S/C21H44N6O/c1-19(2)17-20(27-13-15-28-16-14-27)18-24-21(22-3)23-7-5-9-26-10-6-8-25(4)11-12-26/h19-20H,5-18H2,1-4H3,(H2,22,23,24). The number of likely N-dealkylation sites (N-methyl/N-ethyl adjacent to an activating group) is 1. The summed E-state index contributed by atoms with van der Waals surface area (Å²) in [5, 5.41) is 7.07. The molecule has 0 aliphatic carbocycles. The zero-order valence-corrected chi connectivity index (χ0v) is 18.8. The number of morpholine rings is 1. The van der Waals surface area contributed by atoms with Crippen LogP contribution in [0.3, 0.4) is 0 Å². The fourth-order valence-electron chi connectivity index (χ4n) is 4.12. The normalized spacial score (nSPS) is 22.2. The monoisotopic (exact) mass is 396 g/mol. The molecule has 2 fully saturated rings. The molecule has 1 unspecified atom stereocenters. The van der Waals surface area contributed by atoms with Crippen LogP contribution in [0.25, 0.3) is 0 Å². The van der Waals surface area contributed by atoms with Crippen LogP contribution in [0.5, 0.6) is 0 Å². The lowest BCUT2D eigenvalue weighted by Gasteiger charge is -2.35. The highest BCUT2D eigenvalue weighted by molar-refractivity contribution is 5.79. The average molecular weight is 397 g/mol. The molecule has 0 aromatic heterocycles. The van der Waals surface area contributed by atoms with Crippen LogP contribution in [-0.4, -0.2) is 113 Å². The predicted molar refractivity (Wildman–Crippen MR) is 118 cm³/mol. The zero-order chi connectivity index (χ0) is 20.2. The van der Waals surface area contributed by atoms with Crippen LogP contribution in [0, 0.1) is 5.92 Å². The van der Waals surface area contributed by atoms with Gasteiger partial charge in [-0.1, -0.05) is 13.8 Å². The van der Waals surface area contributed by atoms with Gasteiger partial charge in [-0.05, 0) is 51.9 Å². The molecule has 0 bridgehead atoms. The molecule has 2 rings (SSSR count). The minimum absolute atomic E-state index is 0.538. The van der Waals surface area contributed by atoms with Crippen molar-refractivity contribution >= 4 is 5.96 Å². The van der Waals surface area contributed by atoms with Crippen molar-refractivity contribution in [2.75, 3.05) is 86.2 Å². The molecule has 0 aromatic rings. The van der Waals surface area contributed by atoms with E-state index in [1.54, 1.807) is 0 Å². The summed E-state index contributed by atoms with van der Waals surface area (Å²) in [4.78, 5) is 12.0. The molecule has 7 heteroatoms. The second-order valence-electron chi connectivity index (χ2n) is 8.66. The Morgan fingerprint density at radius 3 is 2.54 bits per heavy atom. The molecular weight excluding hydrogens is 352 g/mol. The molecule has 0 amide bonds. The van der Waals surface area contributed by atoms with Gasteiger partial charge in [-0.2, -0.15) is 0 Å². The summed E-state index contributed by atoms with van der Waals surface area (Å²) in [7, 11) is 4.09. The SMILES string of the molecule is CN=C(NCCCN1CCCN(C)CC1)NCC(CC(C)C)N1CCOCC1. The van der Waals surface area contributed by atoms with Crippen LogP contribution >= 0.6 is 0 Å². The van der Waals surface area contributed by atoms with E-state index < -0.39 is 0 Å². The van der Waals surface area contributed by atoms with E-state index in [0.29, 0.717) is 12.0 Å². The summed E-state index contributed by atoms with van der Waals surface area (Å²) in [6.45, 7) is 16.3. The van der Waals surface area contributed by atoms with Gasteiger partial charge in [0.2, 0.25) is 0 Å². The summed E-state index contributed by atoms with van der Waals surface area (Å²) in [5.41, 5.74) is 0. The number of nitrogens with one attached hydrogen (secondary N) is 2. The van der Waals surface area contributed by atoms with Gasteiger partial charge in [-0.15, -0.1) is 0 Å². The van der Waals surface area contributed by atoms with Crippen LogP contribution in [0.15, 0.2) is 4.99 Å². The Morgan fingerprint density at radius 1 is 1.04 bits per heavy atom. The topological polar surface area (TPSA) is 55.4 Å². The van der Waals surface area contributed by atoms with Crippen LogP contribution in [0.1, 0.15) is 33.1 Å². The third kappa shape index (κ3) is 9.07. The fraction of sp³-hybridized carbons (Fsp3) is 0.952. The van der Waals surface area contributed by atoms with Gasteiger partial charge in [-0.25, -0.2) is 0 Å². The highest BCUT2D eigenvalue weighted by Crippen LogP contribution is 2.13. The summed E-state index contributed by atoms with van der Waals surface area (Å²) < 4.78 is 5.53. The molecule has 0 aromatic carbocycles. The first-order valence-corrected chi connectivity index (χ1v) is 11.3. The van der Waals surface area contributed by atoms with Crippen LogP contribution in [-0.2, 0) is 4.74 Å². The van der Waals surface area contributed by atoms with Crippen LogP contribution in [0.4, 0.5) is 0 Å². The fourth-order valence-corrected chi connectivity index (χ4v) is 4.12. The Hall–Kier alpha value is -0.890. The number of hydrogen-bond acceptors (Lipinski definition) is 5. The van der Waals surface area contributed by atoms with Crippen LogP contribution < -0.4 is 10.6 Å². The number of aliphatic imine (C=N–C) groups is 1. The van der Waals surface area contributed by atoms with E-state index in [4.69, 9.17) is 4.74 Å². The predicted octanol–water partition coefficient (Wildman–Crippen LogP) is 0.926. The first kappa shape index (κ1) is 23.4. The molecule has 0 radical (unpaired) electrons. The Balaban J connectivity index is 1.67. The summed E-state index contributed by atoms with van der Waals surface area (Å²) in [5.74, 6) is 1.62. The lowest BCUT2D eigenvalue weighted by atomic mass is 10.0. The van der Waals surface area contributed by atoms with Gasteiger partial charge in [0.05, 0.1) is 13.2 Å². The van der Waals surface area contributed by atoms with Gasteiger partial charge in [0.1, 0.15) is 0 Å². The first-order chi connectivity index (χ1) is 13.6. The maximum atomic E-state index is 5.53. The van der Waals surface area contributed by atoms with E-state index in [9.17, 15) is 0 Å². The van der Waals surface area contributed by atoms with E-state index in [2.05, 4.69) is 51.2 Å². The van der Waals surface area contributed by atoms with Gasteiger partial charge in [0.15, 0.2) is 5.96 Å². The maximum Gasteiger partial charge on any atom is 0.191 e. The van der Waals surface area contributed by atoms with E-state index in [0.717, 1.165) is 51.8 Å². The van der Waals surface area contributed by atoms with Crippen LogP contribution in [0.2, 0.25) is 0 Å². The molecular formula is C21H44N6O. The number of hydrogen-bond donors (Lipinski definition) is 2. The maximum absolute atomic E-state index is 5.53. The van der Waals surface area contributed by atoms with Crippen molar-refractivity contribution in [3.8, 4) is 0 Å². The number of guanidine groups is 1. The van der Waals surface area contributed by atoms with Gasteiger partial charge >= 0.3 is 0 Å². The van der Waals surface area contributed by atoms with E-state index in [-0.39, 0.29) is 0 Å². The third-order valence-corrected chi connectivity index (χ3v) is 5.79. The van der Waals surface area contributed by atoms with Crippen molar-refractivity contribution < 1.29 is 4.74 Å². The van der Waals surface area contributed by atoms with Gasteiger partial charge < -0.3 is 25.2 Å². The molecule has 28 heavy (non-hydrogen) atoms. The van der Waals surface area contributed by atoms with Crippen molar-refractivity contribution in [2.24, 2.45) is 10.9 Å². The minimum Gasteiger partial charge on any atom is -0.379 e. The van der Waals surface area contributed by atoms with E-state index in [1.165, 1.54) is 45.6 Å². The smallest absolute Gasteiger partial charge is 0.191 e. The Labute approximate surface area is 172 Å². The van der Waals surface area contributed by atoms with Crippen molar-refractivity contribution in [3.05, 3.63) is 0 Å². The minimum atomic E-state index is 0.538. The van der Waals surface area contributed by atoms with Crippen molar-refractivity contribution in [1.29, 1.82) is 0 Å². The summed E-state index contributed by atoms with van der Waals surface area (Å²) >= 11 is 0. The highest BCUT2D eigenvalue weighted by Gasteiger charge is 2.22. The van der Waals surface area contributed by atoms with Gasteiger partial charge in [0.25, 0.3) is 0 Å². The Kier molecular flexibility index (Phi) is 11.2. The molecule has 0 spiro atoms.